The molecule has 2 N–H and O–H groups in total. The van der Waals surface area contributed by atoms with Crippen molar-refractivity contribution >= 4 is 5.91 Å². The SMILES string of the molecule is CC(C)C(O)CNC(=O)C1CCC1. The zero-order chi connectivity index (χ0) is 9.84. The molecule has 0 radical (unpaired) electrons. The Bertz CT molecular complexity index is 176. The smallest absolute Gasteiger partial charge is 0.223 e. The Morgan fingerprint density at radius 2 is 2.15 bits per heavy atom. The summed E-state index contributed by atoms with van der Waals surface area (Å²) in [6.07, 6.45) is 2.79. The van der Waals surface area contributed by atoms with Gasteiger partial charge in [-0.05, 0) is 18.8 Å². The van der Waals surface area contributed by atoms with Gasteiger partial charge in [-0.1, -0.05) is 20.3 Å². The first kappa shape index (κ1) is 10.5. The van der Waals surface area contributed by atoms with Crippen molar-refractivity contribution in [1.82, 2.24) is 5.32 Å². The van der Waals surface area contributed by atoms with E-state index in [0.29, 0.717) is 6.54 Å². The molecule has 0 aromatic heterocycles. The molecule has 76 valence electrons. The zero-order valence-electron chi connectivity index (χ0n) is 8.42. The zero-order valence-corrected chi connectivity index (χ0v) is 8.42. The minimum atomic E-state index is -0.413. The van der Waals surface area contributed by atoms with Crippen LogP contribution in [0.1, 0.15) is 33.1 Å². The molecule has 0 spiro atoms. The van der Waals surface area contributed by atoms with Crippen LogP contribution in [0.2, 0.25) is 0 Å². The maximum Gasteiger partial charge on any atom is 0.223 e. The number of carbonyl (C=O) groups is 1. The van der Waals surface area contributed by atoms with Crippen LogP contribution in [0.3, 0.4) is 0 Å². The van der Waals surface area contributed by atoms with E-state index in [1.165, 1.54) is 6.42 Å². The van der Waals surface area contributed by atoms with Crippen LogP contribution in [0, 0.1) is 11.8 Å². The standard InChI is InChI=1S/C10H19NO2/c1-7(2)9(12)6-11-10(13)8-4-3-5-8/h7-9,12H,3-6H2,1-2H3,(H,11,13). The Balaban J connectivity index is 2.14. The predicted molar refractivity (Wildman–Crippen MR) is 51.2 cm³/mol. The summed E-state index contributed by atoms with van der Waals surface area (Å²) in [6, 6.07) is 0. The second-order valence-electron chi connectivity index (χ2n) is 4.18. The molecule has 0 aliphatic heterocycles. The van der Waals surface area contributed by atoms with Crippen LogP contribution in [0.4, 0.5) is 0 Å². The van der Waals surface area contributed by atoms with Gasteiger partial charge in [0.1, 0.15) is 0 Å². The number of nitrogens with one attached hydrogen (secondary N) is 1. The van der Waals surface area contributed by atoms with Gasteiger partial charge in [0.2, 0.25) is 5.91 Å². The molecule has 3 heteroatoms. The fraction of sp³-hybridized carbons (Fsp3) is 0.900. The molecule has 1 atom stereocenters. The fourth-order valence-corrected chi connectivity index (χ4v) is 1.26. The van der Waals surface area contributed by atoms with Gasteiger partial charge in [-0.3, -0.25) is 4.79 Å². The van der Waals surface area contributed by atoms with Crippen LogP contribution in [-0.2, 0) is 4.79 Å². The van der Waals surface area contributed by atoms with E-state index in [4.69, 9.17) is 0 Å². The summed E-state index contributed by atoms with van der Waals surface area (Å²) < 4.78 is 0. The molecule has 0 aromatic rings. The van der Waals surface area contributed by atoms with Crippen molar-refractivity contribution in [2.75, 3.05) is 6.54 Å². The lowest BCUT2D eigenvalue weighted by molar-refractivity contribution is -0.127. The molecule has 0 aromatic carbocycles. The van der Waals surface area contributed by atoms with Gasteiger partial charge in [0, 0.05) is 12.5 Å². The number of hydrogen-bond donors (Lipinski definition) is 2. The summed E-state index contributed by atoms with van der Waals surface area (Å²) >= 11 is 0. The van der Waals surface area contributed by atoms with Crippen LogP contribution in [0.5, 0.6) is 0 Å². The average Bonchev–Trinajstić information content (AvgIpc) is 1.96. The molecule has 1 aliphatic carbocycles. The quantitative estimate of drug-likeness (QED) is 0.684. The third-order valence-corrected chi connectivity index (χ3v) is 2.73. The molecule has 1 fully saturated rings. The van der Waals surface area contributed by atoms with E-state index < -0.39 is 6.10 Å². The number of aliphatic hydroxyl groups is 1. The molecular weight excluding hydrogens is 166 g/mol. The predicted octanol–water partition coefficient (Wildman–Crippen LogP) is 0.920. The lowest BCUT2D eigenvalue weighted by Gasteiger charge is -2.25. The number of hydrogen-bond acceptors (Lipinski definition) is 2. The highest BCUT2D eigenvalue weighted by atomic mass is 16.3. The molecule has 3 nitrogen and oxygen atoms in total. The Hall–Kier alpha value is -0.570. The van der Waals surface area contributed by atoms with Crippen LogP contribution < -0.4 is 5.32 Å². The van der Waals surface area contributed by atoms with E-state index >= 15 is 0 Å². The van der Waals surface area contributed by atoms with Gasteiger partial charge in [0.15, 0.2) is 0 Å². The Kier molecular flexibility index (Phi) is 3.72. The molecule has 1 unspecified atom stereocenters. The molecule has 1 aliphatic rings. The summed E-state index contributed by atoms with van der Waals surface area (Å²) in [5.41, 5.74) is 0. The molecule has 1 rings (SSSR count). The molecule has 0 saturated heterocycles. The Morgan fingerprint density at radius 3 is 2.54 bits per heavy atom. The van der Waals surface area contributed by atoms with Gasteiger partial charge in [-0.2, -0.15) is 0 Å². The van der Waals surface area contributed by atoms with E-state index in [0.717, 1.165) is 12.8 Å². The topological polar surface area (TPSA) is 49.3 Å². The van der Waals surface area contributed by atoms with Gasteiger partial charge in [-0.15, -0.1) is 0 Å². The van der Waals surface area contributed by atoms with Gasteiger partial charge in [-0.25, -0.2) is 0 Å². The molecule has 0 bridgehead atoms. The van der Waals surface area contributed by atoms with Crippen molar-refractivity contribution in [1.29, 1.82) is 0 Å². The highest BCUT2D eigenvalue weighted by molar-refractivity contribution is 5.79. The Labute approximate surface area is 79.5 Å². The Morgan fingerprint density at radius 1 is 1.54 bits per heavy atom. The fourth-order valence-electron chi connectivity index (χ4n) is 1.26. The first-order chi connectivity index (χ1) is 6.11. The minimum Gasteiger partial charge on any atom is -0.391 e. The highest BCUT2D eigenvalue weighted by Crippen LogP contribution is 2.26. The normalized spacial score (nSPS) is 19.7. The number of amides is 1. The largest absolute Gasteiger partial charge is 0.391 e. The molecule has 0 heterocycles. The summed E-state index contributed by atoms with van der Waals surface area (Å²) in [4.78, 5) is 11.3. The summed E-state index contributed by atoms with van der Waals surface area (Å²) in [5, 5.41) is 12.2. The molecular formula is C10H19NO2. The van der Waals surface area contributed by atoms with Gasteiger partial charge in [0.25, 0.3) is 0 Å². The van der Waals surface area contributed by atoms with Crippen LogP contribution >= 0.6 is 0 Å². The lowest BCUT2D eigenvalue weighted by Crippen LogP contribution is -2.40. The molecule has 13 heavy (non-hydrogen) atoms. The highest BCUT2D eigenvalue weighted by Gasteiger charge is 2.25. The van der Waals surface area contributed by atoms with Crippen LogP contribution in [0.25, 0.3) is 0 Å². The van der Waals surface area contributed by atoms with Crippen molar-refractivity contribution in [3.8, 4) is 0 Å². The maximum absolute atomic E-state index is 11.3. The number of aliphatic hydroxyl groups excluding tert-OH is 1. The molecule has 1 amide bonds. The third-order valence-electron chi connectivity index (χ3n) is 2.73. The van der Waals surface area contributed by atoms with E-state index in [9.17, 15) is 9.90 Å². The summed E-state index contributed by atoms with van der Waals surface area (Å²) in [5.74, 6) is 0.548. The summed E-state index contributed by atoms with van der Waals surface area (Å²) in [7, 11) is 0. The summed E-state index contributed by atoms with van der Waals surface area (Å²) in [6.45, 7) is 4.29. The second kappa shape index (κ2) is 4.61. The molecule has 1 saturated carbocycles. The van der Waals surface area contributed by atoms with E-state index in [1.54, 1.807) is 0 Å². The minimum absolute atomic E-state index is 0.117. The van der Waals surface area contributed by atoms with Gasteiger partial charge in [0.05, 0.1) is 6.10 Å². The van der Waals surface area contributed by atoms with Crippen LogP contribution in [-0.4, -0.2) is 23.7 Å². The van der Waals surface area contributed by atoms with Gasteiger partial charge >= 0.3 is 0 Å². The number of carbonyl (C=O) groups excluding carboxylic acids is 1. The average molecular weight is 185 g/mol. The van der Waals surface area contributed by atoms with E-state index in [2.05, 4.69) is 5.32 Å². The monoisotopic (exact) mass is 185 g/mol. The second-order valence-corrected chi connectivity index (χ2v) is 4.18. The van der Waals surface area contributed by atoms with Crippen molar-refractivity contribution < 1.29 is 9.90 Å². The number of rotatable bonds is 4. The first-order valence-electron chi connectivity index (χ1n) is 5.07. The van der Waals surface area contributed by atoms with Crippen molar-refractivity contribution in [3.05, 3.63) is 0 Å². The maximum atomic E-state index is 11.3. The van der Waals surface area contributed by atoms with E-state index in [-0.39, 0.29) is 17.7 Å². The van der Waals surface area contributed by atoms with E-state index in [1.807, 2.05) is 13.8 Å². The van der Waals surface area contributed by atoms with Crippen molar-refractivity contribution in [3.63, 3.8) is 0 Å². The van der Waals surface area contributed by atoms with Gasteiger partial charge < -0.3 is 10.4 Å². The first-order valence-corrected chi connectivity index (χ1v) is 5.07. The van der Waals surface area contributed by atoms with Crippen molar-refractivity contribution in [2.24, 2.45) is 11.8 Å². The third kappa shape index (κ3) is 2.99. The lowest BCUT2D eigenvalue weighted by atomic mass is 9.85. The van der Waals surface area contributed by atoms with Crippen LogP contribution in [0.15, 0.2) is 0 Å². The van der Waals surface area contributed by atoms with Crippen molar-refractivity contribution in [2.45, 2.75) is 39.2 Å².